The summed E-state index contributed by atoms with van der Waals surface area (Å²) in [5, 5.41) is 2.13. The molecule has 0 radical (unpaired) electrons. The van der Waals surface area contributed by atoms with E-state index in [0.717, 1.165) is 12.1 Å². The summed E-state index contributed by atoms with van der Waals surface area (Å²) in [5.74, 6) is -2.33. The molecule has 11 heteroatoms. The number of hydrogen-bond donors (Lipinski definition) is 1. The Kier molecular flexibility index (Phi) is 7.28. The van der Waals surface area contributed by atoms with Gasteiger partial charge >= 0.3 is 18.1 Å². The zero-order valence-corrected chi connectivity index (χ0v) is 16.5. The number of aliphatic imine (C=N–C) groups is 1. The monoisotopic (exact) mass is 432 g/mol. The van der Waals surface area contributed by atoms with Crippen LogP contribution in [0.1, 0.15) is 32.3 Å². The van der Waals surface area contributed by atoms with Gasteiger partial charge in [0.05, 0.1) is 24.5 Å². The van der Waals surface area contributed by atoms with E-state index in [-0.39, 0.29) is 31.2 Å². The Balaban J connectivity index is 2.35. The summed E-state index contributed by atoms with van der Waals surface area (Å²) in [5.41, 5.74) is -1.39. The Morgan fingerprint density at radius 2 is 1.83 bits per heavy atom. The summed E-state index contributed by atoms with van der Waals surface area (Å²) in [7, 11) is 0. The summed E-state index contributed by atoms with van der Waals surface area (Å²) >= 11 is 0.628. The first-order valence-electron chi connectivity index (χ1n) is 8.72. The molecule has 0 bridgehead atoms. The summed E-state index contributed by atoms with van der Waals surface area (Å²) in [6.45, 7) is 3.27. The number of amidine groups is 1. The van der Waals surface area contributed by atoms with Crippen LogP contribution in [0.5, 0.6) is 0 Å². The van der Waals surface area contributed by atoms with E-state index in [4.69, 9.17) is 9.47 Å². The van der Waals surface area contributed by atoms with Gasteiger partial charge in [0.25, 0.3) is 5.91 Å². The van der Waals surface area contributed by atoms with Crippen molar-refractivity contribution in [3.05, 3.63) is 29.8 Å². The maximum Gasteiger partial charge on any atom is 0.418 e. The van der Waals surface area contributed by atoms with Gasteiger partial charge in [-0.05, 0) is 32.4 Å². The second-order valence-electron chi connectivity index (χ2n) is 5.84. The van der Waals surface area contributed by atoms with Gasteiger partial charge in [0, 0.05) is 6.42 Å². The van der Waals surface area contributed by atoms with Crippen molar-refractivity contribution in [2.45, 2.75) is 37.6 Å². The second-order valence-corrected chi connectivity index (χ2v) is 7.13. The number of esters is 2. The first-order chi connectivity index (χ1) is 13.6. The van der Waals surface area contributed by atoms with Crippen LogP contribution < -0.4 is 5.32 Å². The van der Waals surface area contributed by atoms with E-state index in [2.05, 4.69) is 10.3 Å². The molecule has 1 unspecified atom stereocenters. The lowest BCUT2D eigenvalue weighted by atomic mass is 10.0. The third kappa shape index (κ3) is 5.28. The quantitative estimate of drug-likeness (QED) is 0.525. The minimum atomic E-state index is -4.64. The third-order valence-electron chi connectivity index (χ3n) is 3.88. The smallest absolute Gasteiger partial charge is 0.418 e. The van der Waals surface area contributed by atoms with E-state index in [0.29, 0.717) is 11.8 Å². The molecule has 1 N–H and O–H groups in total. The Bertz CT molecular complexity index is 828. The predicted octanol–water partition coefficient (Wildman–Crippen LogP) is 3.20. The maximum atomic E-state index is 13.2. The number of nitrogens with one attached hydrogen (secondary N) is 1. The van der Waals surface area contributed by atoms with Gasteiger partial charge in [0.2, 0.25) is 0 Å². The van der Waals surface area contributed by atoms with E-state index in [1.165, 1.54) is 12.1 Å². The Morgan fingerprint density at radius 1 is 1.17 bits per heavy atom. The van der Waals surface area contributed by atoms with Crippen molar-refractivity contribution in [3.8, 4) is 0 Å². The lowest BCUT2D eigenvalue weighted by Gasteiger charge is -2.21. The number of benzene rings is 1. The molecule has 1 aromatic carbocycles. The number of hydrogen-bond acceptors (Lipinski definition) is 7. The van der Waals surface area contributed by atoms with E-state index in [1.54, 1.807) is 13.8 Å². The first-order valence-corrected chi connectivity index (χ1v) is 9.54. The highest BCUT2D eigenvalue weighted by Crippen LogP contribution is 2.41. The number of amides is 1. The largest absolute Gasteiger partial charge is 0.466 e. The number of alkyl halides is 3. The van der Waals surface area contributed by atoms with E-state index in [1.807, 2.05) is 0 Å². The molecule has 1 saturated heterocycles. The summed E-state index contributed by atoms with van der Waals surface area (Å²) < 4.78 is 47.5. The van der Waals surface area contributed by atoms with Crippen molar-refractivity contribution < 1.29 is 37.0 Å². The average molecular weight is 432 g/mol. The fraction of sp³-hybridized carbons (Fsp3) is 0.444. The summed E-state index contributed by atoms with van der Waals surface area (Å²) in [6.07, 6.45) is -5.14. The van der Waals surface area contributed by atoms with Crippen molar-refractivity contribution in [2.24, 2.45) is 4.99 Å². The molecule has 158 valence electrons. The van der Waals surface area contributed by atoms with Crippen LogP contribution in [0.2, 0.25) is 0 Å². The third-order valence-corrected chi connectivity index (χ3v) is 5.17. The van der Waals surface area contributed by atoms with Gasteiger partial charge in [-0.1, -0.05) is 23.9 Å². The van der Waals surface area contributed by atoms with Gasteiger partial charge in [0.1, 0.15) is 0 Å². The van der Waals surface area contributed by atoms with Crippen LogP contribution in [0, 0.1) is 0 Å². The number of para-hydroxylation sites is 1. The molecule has 1 aromatic rings. The van der Waals surface area contributed by atoms with Crippen LogP contribution in [-0.4, -0.2) is 41.0 Å². The number of rotatable bonds is 7. The van der Waals surface area contributed by atoms with Crippen LogP contribution in [0.15, 0.2) is 29.3 Å². The number of ether oxygens (including phenoxy) is 2. The Labute approximate surface area is 169 Å². The minimum Gasteiger partial charge on any atom is -0.466 e. The van der Waals surface area contributed by atoms with Crippen LogP contribution in [0.3, 0.4) is 0 Å². The molecular formula is C18H19F3N2O5S. The first kappa shape index (κ1) is 22.7. The maximum absolute atomic E-state index is 13.2. The van der Waals surface area contributed by atoms with Crippen molar-refractivity contribution in [2.75, 3.05) is 13.2 Å². The lowest BCUT2D eigenvalue weighted by molar-refractivity contribution is -0.150. The van der Waals surface area contributed by atoms with Gasteiger partial charge in [-0.15, -0.1) is 0 Å². The van der Waals surface area contributed by atoms with Crippen LogP contribution in [-0.2, 0) is 30.0 Å². The number of thioether (sulfide) groups is 1. The van der Waals surface area contributed by atoms with Crippen molar-refractivity contribution in [3.63, 3.8) is 0 Å². The van der Waals surface area contributed by atoms with E-state index in [9.17, 15) is 27.6 Å². The number of carbonyl (C=O) groups is 3. The molecule has 1 atom stereocenters. The Hall–Kier alpha value is -2.56. The predicted molar refractivity (Wildman–Crippen MR) is 99.5 cm³/mol. The van der Waals surface area contributed by atoms with Crippen LogP contribution in [0.25, 0.3) is 0 Å². The summed E-state index contributed by atoms with van der Waals surface area (Å²) in [4.78, 5) is 40.6. The fourth-order valence-corrected chi connectivity index (χ4v) is 3.67. The summed E-state index contributed by atoms with van der Waals surface area (Å²) in [6, 6.07) is 4.59. The molecular weight excluding hydrogens is 413 g/mol. The average Bonchev–Trinajstić information content (AvgIpc) is 2.96. The van der Waals surface area contributed by atoms with Gasteiger partial charge in [-0.25, -0.2) is 9.79 Å². The highest BCUT2D eigenvalue weighted by atomic mass is 32.2. The van der Waals surface area contributed by atoms with Crippen molar-refractivity contribution >= 4 is 40.5 Å². The van der Waals surface area contributed by atoms with Gasteiger partial charge < -0.3 is 14.8 Å². The van der Waals surface area contributed by atoms with E-state index >= 15 is 0 Å². The fourth-order valence-electron chi connectivity index (χ4n) is 2.57. The molecule has 0 saturated carbocycles. The normalized spacial score (nSPS) is 20.4. The number of halogens is 3. The molecule has 0 spiro atoms. The van der Waals surface area contributed by atoms with Gasteiger partial charge in [-0.3, -0.25) is 9.59 Å². The molecule has 1 amide bonds. The SMILES string of the molecule is CCOC(=O)CCC1(C(=O)OCC)SC(=Nc2ccccc2C(F)(F)F)NC1=O. The van der Waals surface area contributed by atoms with Gasteiger partial charge in [-0.2, -0.15) is 13.2 Å². The molecule has 29 heavy (non-hydrogen) atoms. The van der Waals surface area contributed by atoms with Crippen molar-refractivity contribution in [1.29, 1.82) is 0 Å². The van der Waals surface area contributed by atoms with Gasteiger partial charge in [0.15, 0.2) is 9.91 Å². The van der Waals surface area contributed by atoms with Crippen LogP contribution in [0.4, 0.5) is 18.9 Å². The zero-order chi connectivity index (χ0) is 21.7. The van der Waals surface area contributed by atoms with Crippen molar-refractivity contribution in [1.82, 2.24) is 5.32 Å². The van der Waals surface area contributed by atoms with Crippen LogP contribution >= 0.6 is 11.8 Å². The number of nitrogens with zero attached hydrogens (tertiary/aromatic N) is 1. The van der Waals surface area contributed by atoms with E-state index < -0.39 is 40.0 Å². The molecule has 0 aromatic heterocycles. The molecule has 2 rings (SSSR count). The standard InChI is InChI=1S/C18H19F3N2O5S/c1-3-27-13(24)9-10-17(15(26)28-4-2)14(25)23-16(29-17)22-12-8-6-5-7-11(12)18(19,20)21/h5-8H,3-4,9-10H2,1-2H3,(H,22,23,25). The lowest BCUT2D eigenvalue weighted by Crippen LogP contribution is -2.45. The second kappa shape index (κ2) is 9.29. The molecule has 1 aliphatic rings. The minimum absolute atomic E-state index is 0.0167. The highest BCUT2D eigenvalue weighted by Gasteiger charge is 2.54. The Morgan fingerprint density at radius 3 is 2.45 bits per heavy atom. The number of carbonyl (C=O) groups excluding carboxylic acids is 3. The molecule has 0 aliphatic carbocycles. The molecule has 1 fully saturated rings. The zero-order valence-electron chi connectivity index (χ0n) is 15.7. The highest BCUT2D eigenvalue weighted by molar-refractivity contribution is 8.17. The molecule has 1 heterocycles. The molecule has 7 nitrogen and oxygen atoms in total. The molecule has 1 aliphatic heterocycles. The topological polar surface area (TPSA) is 94.1 Å².